The van der Waals surface area contributed by atoms with Gasteiger partial charge < -0.3 is 15.7 Å². The fraction of sp³-hybridized carbons (Fsp3) is 0. The third kappa shape index (κ3) is 3.76. The fourth-order valence-corrected chi connectivity index (χ4v) is 3.61. The van der Waals surface area contributed by atoms with Crippen LogP contribution in [0.4, 0.5) is 11.4 Å². The van der Waals surface area contributed by atoms with E-state index in [0.717, 1.165) is 39.0 Å². The molecular formula is C26H19N3O2. The number of fused-ring (bicyclic) bond motifs is 3. The molecule has 1 aliphatic heterocycles. The van der Waals surface area contributed by atoms with Gasteiger partial charge >= 0.3 is 0 Å². The van der Waals surface area contributed by atoms with E-state index in [1.165, 1.54) is 0 Å². The minimum atomic E-state index is -0.132. The summed E-state index contributed by atoms with van der Waals surface area (Å²) in [4.78, 5) is 16.9. The van der Waals surface area contributed by atoms with Gasteiger partial charge in [-0.15, -0.1) is 0 Å². The molecule has 1 aliphatic rings. The van der Waals surface area contributed by atoms with Crippen molar-refractivity contribution in [1.82, 2.24) is 4.98 Å². The molecule has 150 valence electrons. The Morgan fingerprint density at radius 3 is 2.32 bits per heavy atom. The van der Waals surface area contributed by atoms with Crippen LogP contribution in [0.2, 0.25) is 0 Å². The summed E-state index contributed by atoms with van der Waals surface area (Å²) < 4.78 is 0. The van der Waals surface area contributed by atoms with Gasteiger partial charge in [0.1, 0.15) is 5.75 Å². The van der Waals surface area contributed by atoms with Crippen molar-refractivity contribution < 1.29 is 9.90 Å². The van der Waals surface area contributed by atoms with E-state index in [9.17, 15) is 9.90 Å². The number of amides is 1. The second-order valence-corrected chi connectivity index (χ2v) is 7.26. The van der Waals surface area contributed by atoms with Crippen LogP contribution in [0.3, 0.4) is 0 Å². The Morgan fingerprint density at radius 1 is 0.871 bits per heavy atom. The molecule has 4 aromatic rings. The molecular weight excluding hydrogens is 386 g/mol. The van der Waals surface area contributed by atoms with Gasteiger partial charge in [0.25, 0.3) is 5.91 Å². The van der Waals surface area contributed by atoms with Crippen LogP contribution in [-0.2, 0) is 4.79 Å². The summed E-state index contributed by atoms with van der Waals surface area (Å²) in [6.45, 7) is 0. The highest BCUT2D eigenvalue weighted by Gasteiger charge is 2.26. The third-order valence-electron chi connectivity index (χ3n) is 5.20. The van der Waals surface area contributed by atoms with E-state index < -0.39 is 0 Å². The fourth-order valence-electron chi connectivity index (χ4n) is 3.61. The summed E-state index contributed by atoms with van der Waals surface area (Å²) >= 11 is 0. The van der Waals surface area contributed by atoms with Crippen molar-refractivity contribution >= 4 is 45.9 Å². The molecule has 2 heterocycles. The number of nitrogens with zero attached hydrogens (tertiary/aromatic N) is 1. The highest BCUT2D eigenvalue weighted by Crippen LogP contribution is 2.37. The van der Waals surface area contributed by atoms with Gasteiger partial charge in [-0.1, -0.05) is 42.5 Å². The minimum Gasteiger partial charge on any atom is -0.508 e. The Hall–Kier alpha value is -4.38. The lowest BCUT2D eigenvalue weighted by molar-refractivity contribution is -0.110. The summed E-state index contributed by atoms with van der Waals surface area (Å²) in [6.07, 6.45) is 7.49. The number of nitrogens with one attached hydrogen (secondary N) is 2. The molecule has 0 saturated carbocycles. The van der Waals surface area contributed by atoms with E-state index in [2.05, 4.69) is 15.6 Å². The van der Waals surface area contributed by atoms with Crippen molar-refractivity contribution in [3.05, 3.63) is 102 Å². The Kier molecular flexibility index (Phi) is 4.69. The van der Waals surface area contributed by atoms with E-state index in [-0.39, 0.29) is 11.7 Å². The monoisotopic (exact) mass is 405 g/mol. The van der Waals surface area contributed by atoms with Gasteiger partial charge in [-0.3, -0.25) is 9.78 Å². The average molecular weight is 405 g/mol. The molecule has 5 nitrogen and oxygen atoms in total. The first-order valence-electron chi connectivity index (χ1n) is 9.91. The molecule has 3 aromatic carbocycles. The predicted octanol–water partition coefficient (Wildman–Crippen LogP) is 5.52. The van der Waals surface area contributed by atoms with Crippen LogP contribution in [0.25, 0.3) is 28.6 Å². The Morgan fingerprint density at radius 2 is 1.58 bits per heavy atom. The van der Waals surface area contributed by atoms with Crippen molar-refractivity contribution in [2.75, 3.05) is 10.6 Å². The lowest BCUT2D eigenvalue weighted by Crippen LogP contribution is -2.05. The number of aromatic nitrogens is 1. The van der Waals surface area contributed by atoms with Crippen molar-refractivity contribution in [3.8, 4) is 5.75 Å². The second-order valence-electron chi connectivity index (χ2n) is 7.26. The van der Waals surface area contributed by atoms with Crippen LogP contribution < -0.4 is 10.6 Å². The number of phenols is 1. The van der Waals surface area contributed by atoms with Crippen LogP contribution in [0.15, 0.2) is 85.2 Å². The number of phenolic OH excluding ortho intramolecular Hbond substituents is 1. The molecule has 0 atom stereocenters. The zero-order valence-electron chi connectivity index (χ0n) is 16.5. The van der Waals surface area contributed by atoms with Crippen LogP contribution in [-0.4, -0.2) is 16.0 Å². The molecule has 5 rings (SSSR count). The van der Waals surface area contributed by atoms with Gasteiger partial charge in [0.05, 0.1) is 11.1 Å². The summed E-state index contributed by atoms with van der Waals surface area (Å²) in [5, 5.41) is 16.5. The van der Waals surface area contributed by atoms with Gasteiger partial charge in [-0.2, -0.15) is 0 Å². The van der Waals surface area contributed by atoms with E-state index in [1.54, 1.807) is 24.5 Å². The first-order valence-corrected chi connectivity index (χ1v) is 9.91. The minimum absolute atomic E-state index is 0.132. The van der Waals surface area contributed by atoms with Crippen molar-refractivity contribution in [3.63, 3.8) is 0 Å². The van der Waals surface area contributed by atoms with Crippen LogP contribution in [0.5, 0.6) is 5.75 Å². The molecule has 1 amide bonds. The molecule has 0 radical (unpaired) electrons. The Balaban J connectivity index is 1.36. The molecule has 3 N–H and O–H groups in total. The molecule has 0 aliphatic carbocycles. The SMILES string of the molecule is O=C1Nc2ccc3ncccc3c2C1=CNc1ccc(C=Cc2ccc(O)cc2)cc1. The largest absolute Gasteiger partial charge is 0.508 e. The zero-order chi connectivity index (χ0) is 21.2. The second kappa shape index (κ2) is 7.80. The van der Waals surface area contributed by atoms with E-state index in [4.69, 9.17) is 0 Å². The van der Waals surface area contributed by atoms with Crippen molar-refractivity contribution in [2.45, 2.75) is 0 Å². The normalized spacial score (nSPS) is 14.2. The summed E-state index contributed by atoms with van der Waals surface area (Å²) in [5.74, 6) is 0.122. The molecule has 0 bridgehead atoms. The first kappa shape index (κ1) is 18.6. The summed E-state index contributed by atoms with van der Waals surface area (Å²) in [6, 6.07) is 22.6. The van der Waals surface area contributed by atoms with Gasteiger partial charge in [0.2, 0.25) is 0 Å². The van der Waals surface area contributed by atoms with Gasteiger partial charge in [0.15, 0.2) is 0 Å². The molecule has 0 unspecified atom stereocenters. The zero-order valence-corrected chi connectivity index (χ0v) is 16.5. The lowest BCUT2D eigenvalue weighted by atomic mass is 10.0. The number of rotatable bonds is 4. The lowest BCUT2D eigenvalue weighted by Gasteiger charge is -2.06. The number of hydrogen-bond acceptors (Lipinski definition) is 4. The molecule has 5 heteroatoms. The maximum absolute atomic E-state index is 12.5. The number of anilines is 2. The molecule has 0 fully saturated rings. The molecule has 1 aromatic heterocycles. The molecule has 0 spiro atoms. The van der Waals surface area contributed by atoms with Crippen LogP contribution in [0.1, 0.15) is 16.7 Å². The van der Waals surface area contributed by atoms with E-state index in [0.29, 0.717) is 5.57 Å². The molecule has 31 heavy (non-hydrogen) atoms. The van der Waals surface area contributed by atoms with Gasteiger partial charge in [-0.05, 0) is 53.6 Å². The predicted molar refractivity (Wildman–Crippen MR) is 125 cm³/mol. The number of benzene rings is 3. The quantitative estimate of drug-likeness (QED) is 0.309. The standard InChI is InChI=1S/C26H19N3O2/c30-20-11-7-18(8-12-20)4-3-17-5-9-19(10-6-17)28-16-22-25-21-2-1-15-27-23(21)13-14-24(25)29-26(22)31/h1-16,28,30H,(H,29,31). The van der Waals surface area contributed by atoms with Gasteiger partial charge in [-0.25, -0.2) is 0 Å². The first-order chi connectivity index (χ1) is 15.2. The topological polar surface area (TPSA) is 74.2 Å². The Bertz CT molecular complexity index is 1340. The van der Waals surface area contributed by atoms with Crippen LogP contribution >= 0.6 is 0 Å². The average Bonchev–Trinajstić information content (AvgIpc) is 3.13. The number of carbonyl (C=O) groups is 1. The number of carbonyl (C=O) groups excluding carboxylic acids is 1. The third-order valence-corrected chi connectivity index (χ3v) is 5.20. The highest BCUT2D eigenvalue weighted by molar-refractivity contribution is 6.34. The number of aromatic hydroxyl groups is 1. The van der Waals surface area contributed by atoms with Gasteiger partial charge in [0, 0.05) is 34.7 Å². The highest BCUT2D eigenvalue weighted by atomic mass is 16.3. The maximum atomic E-state index is 12.5. The van der Waals surface area contributed by atoms with E-state index >= 15 is 0 Å². The van der Waals surface area contributed by atoms with E-state index in [1.807, 2.05) is 72.8 Å². The Labute approximate surface area is 179 Å². The number of hydrogen-bond donors (Lipinski definition) is 3. The van der Waals surface area contributed by atoms with Crippen molar-refractivity contribution in [1.29, 1.82) is 0 Å². The summed E-state index contributed by atoms with van der Waals surface area (Å²) in [5.41, 5.74) is 6.06. The van der Waals surface area contributed by atoms with Crippen molar-refractivity contribution in [2.24, 2.45) is 0 Å². The maximum Gasteiger partial charge on any atom is 0.257 e. The molecule has 0 saturated heterocycles. The van der Waals surface area contributed by atoms with Crippen LogP contribution in [0, 0.1) is 0 Å². The summed E-state index contributed by atoms with van der Waals surface area (Å²) in [7, 11) is 0. The smallest absolute Gasteiger partial charge is 0.257 e. The number of pyridine rings is 1.